The molecular formula is C12H17BNO2. The van der Waals surface area contributed by atoms with Crippen molar-refractivity contribution in [3.05, 3.63) is 35.9 Å². The van der Waals surface area contributed by atoms with Crippen LogP contribution in [0.2, 0.25) is 0 Å². The van der Waals surface area contributed by atoms with Gasteiger partial charge >= 0.3 is 5.97 Å². The van der Waals surface area contributed by atoms with E-state index in [0.29, 0.717) is 13.2 Å². The summed E-state index contributed by atoms with van der Waals surface area (Å²) in [4.78, 5) is 11.3. The molecule has 0 heterocycles. The van der Waals surface area contributed by atoms with E-state index in [0.717, 1.165) is 5.56 Å². The number of carbonyl (C=O) groups excluding carboxylic acids is 1. The molecule has 0 amide bonds. The third kappa shape index (κ3) is 4.49. The highest BCUT2D eigenvalue weighted by molar-refractivity contribution is 5.98. The number of rotatable bonds is 5. The molecule has 0 aromatic heterocycles. The molecule has 0 saturated heterocycles. The summed E-state index contributed by atoms with van der Waals surface area (Å²) in [5, 5.41) is 0. The lowest BCUT2D eigenvalue weighted by Crippen LogP contribution is -2.45. The van der Waals surface area contributed by atoms with E-state index in [9.17, 15) is 4.79 Å². The molecule has 0 aliphatic rings. The molecular weight excluding hydrogens is 201 g/mol. The van der Waals surface area contributed by atoms with Crippen molar-refractivity contribution in [2.75, 3.05) is 20.2 Å². The van der Waals surface area contributed by atoms with Gasteiger partial charge in [0.25, 0.3) is 0 Å². The lowest BCUT2D eigenvalue weighted by atomic mass is 10.1. The Morgan fingerprint density at radius 3 is 2.56 bits per heavy atom. The average molecular weight is 218 g/mol. The minimum atomic E-state index is -0.261. The Labute approximate surface area is 98.0 Å². The highest BCUT2D eigenvalue weighted by Gasteiger charge is 2.12. The van der Waals surface area contributed by atoms with E-state index in [4.69, 9.17) is 12.7 Å². The van der Waals surface area contributed by atoms with E-state index in [1.54, 1.807) is 6.92 Å². The quantitative estimate of drug-likeness (QED) is 0.549. The monoisotopic (exact) mass is 218 g/mol. The van der Waals surface area contributed by atoms with Crippen LogP contribution in [-0.2, 0) is 16.1 Å². The van der Waals surface area contributed by atoms with E-state index < -0.39 is 0 Å². The number of likely N-dealkylation sites (N-methyl/N-ethyl adjacent to an activating group) is 1. The molecule has 0 N–H and O–H groups in total. The second-order valence-corrected chi connectivity index (χ2v) is 4.09. The van der Waals surface area contributed by atoms with Gasteiger partial charge in [0.05, 0.1) is 13.2 Å². The van der Waals surface area contributed by atoms with Crippen LogP contribution >= 0.6 is 0 Å². The number of nitrogens with zero attached hydrogens (tertiary/aromatic N) is 1. The summed E-state index contributed by atoms with van der Waals surface area (Å²) >= 11 is 0. The average Bonchev–Trinajstić information content (AvgIpc) is 2.17. The summed E-state index contributed by atoms with van der Waals surface area (Å²) in [5.41, 5.74) is 1.11. The van der Waals surface area contributed by atoms with Crippen LogP contribution in [0.15, 0.2) is 30.3 Å². The van der Waals surface area contributed by atoms with Crippen LogP contribution < -0.4 is 0 Å². The number of ether oxygens (including phenoxy) is 1. The van der Waals surface area contributed by atoms with Gasteiger partial charge < -0.3 is 9.13 Å². The fourth-order valence-corrected chi connectivity index (χ4v) is 1.56. The van der Waals surface area contributed by atoms with Crippen LogP contribution in [0.4, 0.5) is 0 Å². The first-order valence-corrected chi connectivity index (χ1v) is 5.36. The molecule has 16 heavy (non-hydrogen) atoms. The van der Waals surface area contributed by atoms with Crippen LogP contribution in [0, 0.1) is 0 Å². The second kappa shape index (κ2) is 5.70. The Morgan fingerprint density at radius 1 is 1.38 bits per heavy atom. The van der Waals surface area contributed by atoms with E-state index in [-0.39, 0.29) is 16.9 Å². The fraction of sp³-hybridized carbons (Fsp3) is 0.417. The molecule has 0 saturated carbocycles. The standard InChI is InChI=1S/C12H17BNO2/c1-3-16-12(15)10-14(2,13)9-11-7-5-4-6-8-11/h4-8H,3,9-10H2,1-2H3. The van der Waals surface area contributed by atoms with Crippen molar-refractivity contribution < 1.29 is 13.9 Å². The van der Waals surface area contributed by atoms with Crippen LogP contribution in [0.1, 0.15) is 12.5 Å². The van der Waals surface area contributed by atoms with Gasteiger partial charge in [-0.05, 0) is 6.92 Å². The fourth-order valence-electron chi connectivity index (χ4n) is 1.56. The maximum absolute atomic E-state index is 11.3. The first-order chi connectivity index (χ1) is 7.53. The van der Waals surface area contributed by atoms with Crippen LogP contribution in [0.5, 0.6) is 0 Å². The Bertz CT molecular complexity index is 338. The van der Waals surface area contributed by atoms with E-state index in [1.807, 2.05) is 37.4 Å². The van der Waals surface area contributed by atoms with Crippen molar-refractivity contribution in [1.29, 1.82) is 0 Å². The summed E-state index contributed by atoms with van der Waals surface area (Å²) in [6.45, 7) is 2.97. The minimum absolute atomic E-state index is 0.114. The molecule has 85 valence electrons. The summed E-state index contributed by atoms with van der Waals surface area (Å²) in [7, 11) is 7.83. The number of hydrogen-bond acceptors (Lipinski definition) is 2. The van der Waals surface area contributed by atoms with Crippen molar-refractivity contribution in [3.63, 3.8) is 0 Å². The van der Waals surface area contributed by atoms with E-state index in [1.165, 1.54) is 0 Å². The Balaban J connectivity index is 2.54. The number of quaternary nitrogens is 1. The van der Waals surface area contributed by atoms with Gasteiger partial charge in [-0.3, -0.25) is 0 Å². The smallest absolute Gasteiger partial charge is 0.357 e. The molecule has 1 unspecified atom stereocenters. The molecule has 1 aromatic rings. The minimum Gasteiger partial charge on any atom is -0.578 e. The first kappa shape index (κ1) is 12.8. The number of benzene rings is 1. The summed E-state index contributed by atoms with van der Waals surface area (Å²) in [5.74, 6) is -0.261. The molecule has 1 rings (SSSR count). The largest absolute Gasteiger partial charge is 0.578 e. The van der Waals surface area contributed by atoms with Crippen molar-refractivity contribution >= 4 is 14.0 Å². The van der Waals surface area contributed by atoms with Crippen LogP contribution in [0.25, 0.3) is 0 Å². The second-order valence-electron chi connectivity index (χ2n) is 4.09. The molecule has 3 nitrogen and oxygen atoms in total. The zero-order chi connectivity index (χ0) is 12.0. The van der Waals surface area contributed by atoms with Crippen LogP contribution in [0.3, 0.4) is 0 Å². The zero-order valence-electron chi connectivity index (χ0n) is 9.85. The van der Waals surface area contributed by atoms with E-state index >= 15 is 0 Å². The van der Waals surface area contributed by atoms with E-state index in [2.05, 4.69) is 0 Å². The summed E-state index contributed by atoms with van der Waals surface area (Å²) < 4.78 is 4.99. The van der Waals surface area contributed by atoms with Gasteiger partial charge in [-0.2, -0.15) is 0 Å². The Hall–Kier alpha value is -1.29. The SMILES string of the molecule is [B-][N+](C)(CC(=O)OCC)Cc1ccccc1. The summed E-state index contributed by atoms with van der Waals surface area (Å²) in [6, 6.07) is 9.86. The lowest BCUT2D eigenvalue weighted by molar-refractivity contribution is -0.802. The third-order valence-corrected chi connectivity index (χ3v) is 2.18. The molecule has 1 atom stereocenters. The number of esters is 1. The van der Waals surface area contributed by atoms with Crippen molar-refractivity contribution in [2.45, 2.75) is 13.5 Å². The third-order valence-electron chi connectivity index (χ3n) is 2.18. The summed E-state index contributed by atoms with van der Waals surface area (Å²) in [6.07, 6.45) is 0. The highest BCUT2D eigenvalue weighted by Crippen LogP contribution is 2.08. The molecule has 3 radical (unpaired) electrons. The van der Waals surface area contributed by atoms with Gasteiger partial charge in [0.2, 0.25) is 0 Å². The van der Waals surface area contributed by atoms with Crippen LogP contribution in [-0.4, -0.2) is 38.5 Å². The molecule has 1 aromatic carbocycles. The van der Waals surface area contributed by atoms with Gasteiger partial charge in [0, 0.05) is 12.6 Å². The maximum atomic E-state index is 11.3. The van der Waals surface area contributed by atoms with Gasteiger partial charge in [0.1, 0.15) is 6.54 Å². The van der Waals surface area contributed by atoms with Gasteiger partial charge in [0.15, 0.2) is 0 Å². The maximum Gasteiger partial charge on any atom is 0.357 e. The van der Waals surface area contributed by atoms with Crippen molar-refractivity contribution in [3.8, 4) is 0 Å². The Kier molecular flexibility index (Phi) is 4.56. The first-order valence-electron chi connectivity index (χ1n) is 5.36. The lowest BCUT2D eigenvalue weighted by Gasteiger charge is -2.44. The predicted molar refractivity (Wildman–Crippen MR) is 63.6 cm³/mol. The molecule has 0 bridgehead atoms. The Morgan fingerprint density at radius 2 is 2.00 bits per heavy atom. The molecule has 0 fully saturated rings. The number of carbonyl (C=O) groups is 1. The normalized spacial score (nSPS) is 14.2. The highest BCUT2D eigenvalue weighted by atomic mass is 16.5. The molecule has 0 spiro atoms. The number of hydrogen-bond donors (Lipinski definition) is 0. The van der Waals surface area contributed by atoms with Crippen molar-refractivity contribution in [1.82, 2.24) is 0 Å². The topological polar surface area (TPSA) is 26.3 Å². The molecule has 0 aliphatic heterocycles. The molecule has 0 aliphatic carbocycles. The van der Waals surface area contributed by atoms with Gasteiger partial charge in [-0.1, -0.05) is 30.3 Å². The van der Waals surface area contributed by atoms with Gasteiger partial charge in [-0.15, -0.1) is 0 Å². The van der Waals surface area contributed by atoms with Crippen molar-refractivity contribution in [2.24, 2.45) is 0 Å². The predicted octanol–water partition coefficient (Wildman–Crippen LogP) is 1.28. The zero-order valence-corrected chi connectivity index (χ0v) is 9.85. The van der Waals surface area contributed by atoms with Gasteiger partial charge in [-0.25, -0.2) is 12.8 Å². The molecule has 4 heteroatoms.